The highest BCUT2D eigenvalue weighted by Crippen LogP contribution is 2.19. The monoisotopic (exact) mass is 436 g/mol. The lowest BCUT2D eigenvalue weighted by Gasteiger charge is -2.21. The molecule has 0 bridgehead atoms. The van der Waals surface area contributed by atoms with Gasteiger partial charge in [0, 0.05) is 30.5 Å². The number of ether oxygens (including phenoxy) is 1. The number of hydrogen-bond acceptors (Lipinski definition) is 4. The molecule has 2 aromatic carbocycles. The molecule has 7 heteroatoms. The number of amides is 1. The Labute approximate surface area is 166 Å². The maximum atomic E-state index is 13.8. The van der Waals surface area contributed by atoms with Gasteiger partial charge in [-0.1, -0.05) is 46.3 Å². The summed E-state index contributed by atoms with van der Waals surface area (Å²) in [5, 5.41) is 2.58. The SMILES string of the molecule is COC(=O)CCN(CCC(=O)Nc1ccc(Br)cc1F)Cc1ccccc1. The van der Waals surface area contributed by atoms with E-state index in [-0.39, 0.29) is 30.4 Å². The van der Waals surface area contributed by atoms with Crippen LogP contribution in [0.4, 0.5) is 10.1 Å². The second kappa shape index (κ2) is 10.8. The average molecular weight is 437 g/mol. The minimum absolute atomic E-state index is 0.146. The largest absolute Gasteiger partial charge is 0.469 e. The van der Waals surface area contributed by atoms with Crippen LogP contribution in [0.5, 0.6) is 0 Å². The lowest BCUT2D eigenvalue weighted by atomic mass is 10.2. The molecule has 1 amide bonds. The smallest absolute Gasteiger partial charge is 0.306 e. The van der Waals surface area contributed by atoms with Crippen LogP contribution in [0.1, 0.15) is 18.4 Å². The topological polar surface area (TPSA) is 58.6 Å². The van der Waals surface area contributed by atoms with Crippen LogP contribution in [0.15, 0.2) is 53.0 Å². The van der Waals surface area contributed by atoms with Crippen molar-refractivity contribution in [1.82, 2.24) is 4.90 Å². The zero-order valence-corrected chi connectivity index (χ0v) is 16.7. The predicted octanol–water partition coefficient (Wildman–Crippen LogP) is 3.98. The van der Waals surface area contributed by atoms with Crippen molar-refractivity contribution >= 4 is 33.5 Å². The van der Waals surface area contributed by atoms with Crippen LogP contribution in [0.3, 0.4) is 0 Å². The summed E-state index contributed by atoms with van der Waals surface area (Å²) < 4.78 is 19.1. The van der Waals surface area contributed by atoms with E-state index in [2.05, 4.69) is 26.0 Å². The van der Waals surface area contributed by atoms with Crippen molar-refractivity contribution in [3.63, 3.8) is 0 Å². The highest BCUT2D eigenvalue weighted by atomic mass is 79.9. The van der Waals surface area contributed by atoms with Gasteiger partial charge in [-0.15, -0.1) is 0 Å². The molecule has 0 radical (unpaired) electrons. The Morgan fingerprint density at radius 1 is 1.11 bits per heavy atom. The molecule has 2 rings (SSSR count). The number of anilines is 1. The van der Waals surface area contributed by atoms with Crippen LogP contribution in [-0.2, 0) is 20.9 Å². The molecule has 0 aromatic heterocycles. The van der Waals surface area contributed by atoms with E-state index in [1.54, 1.807) is 6.07 Å². The van der Waals surface area contributed by atoms with E-state index in [1.165, 1.54) is 19.2 Å². The Bertz CT molecular complexity index is 771. The third-order valence-electron chi connectivity index (χ3n) is 3.97. The Morgan fingerprint density at radius 2 is 1.81 bits per heavy atom. The second-order valence-corrected chi connectivity index (χ2v) is 6.93. The lowest BCUT2D eigenvalue weighted by molar-refractivity contribution is -0.141. The standard InChI is InChI=1S/C20H22BrFN2O3/c1-27-20(26)10-12-24(14-15-5-3-2-4-6-15)11-9-19(25)23-18-8-7-16(21)13-17(18)22/h2-8,13H,9-12,14H2,1H3,(H,23,25). The molecule has 0 fully saturated rings. The molecule has 0 aliphatic rings. The molecule has 5 nitrogen and oxygen atoms in total. The number of nitrogens with zero attached hydrogens (tertiary/aromatic N) is 1. The number of hydrogen-bond donors (Lipinski definition) is 1. The number of esters is 1. The van der Waals surface area contributed by atoms with E-state index in [1.807, 2.05) is 35.2 Å². The Morgan fingerprint density at radius 3 is 2.48 bits per heavy atom. The molecular weight excluding hydrogens is 415 g/mol. The van der Waals surface area contributed by atoms with Gasteiger partial charge in [-0.25, -0.2) is 4.39 Å². The summed E-state index contributed by atoms with van der Waals surface area (Å²) in [6.07, 6.45) is 0.426. The summed E-state index contributed by atoms with van der Waals surface area (Å²) in [6, 6.07) is 14.3. The fourth-order valence-electron chi connectivity index (χ4n) is 2.53. The summed E-state index contributed by atoms with van der Waals surface area (Å²) in [4.78, 5) is 25.6. The number of methoxy groups -OCH3 is 1. The molecule has 0 unspecified atom stereocenters. The first-order valence-electron chi connectivity index (χ1n) is 8.56. The van der Waals surface area contributed by atoms with Crippen LogP contribution in [0.25, 0.3) is 0 Å². The second-order valence-electron chi connectivity index (χ2n) is 6.01. The van der Waals surface area contributed by atoms with Gasteiger partial charge in [0.1, 0.15) is 5.82 Å². The van der Waals surface area contributed by atoms with Gasteiger partial charge in [-0.3, -0.25) is 14.5 Å². The molecule has 0 spiro atoms. The Hall–Kier alpha value is -2.25. The van der Waals surface area contributed by atoms with Crippen LogP contribution < -0.4 is 5.32 Å². The van der Waals surface area contributed by atoms with Gasteiger partial charge in [0.05, 0.1) is 19.2 Å². The van der Waals surface area contributed by atoms with Gasteiger partial charge in [-0.05, 0) is 23.8 Å². The lowest BCUT2D eigenvalue weighted by Crippen LogP contribution is -2.30. The van der Waals surface area contributed by atoms with Gasteiger partial charge >= 0.3 is 5.97 Å². The summed E-state index contributed by atoms with van der Waals surface area (Å²) in [6.45, 7) is 1.52. The zero-order valence-electron chi connectivity index (χ0n) is 15.1. The van der Waals surface area contributed by atoms with Gasteiger partial charge in [0.15, 0.2) is 0 Å². The van der Waals surface area contributed by atoms with Gasteiger partial charge < -0.3 is 10.1 Å². The fraction of sp³-hybridized carbons (Fsp3) is 0.300. The Balaban J connectivity index is 1.92. The van der Waals surface area contributed by atoms with Crippen molar-refractivity contribution in [3.05, 3.63) is 64.4 Å². The molecule has 0 heterocycles. The third kappa shape index (κ3) is 7.48. The summed E-state index contributed by atoms with van der Waals surface area (Å²) in [5.41, 5.74) is 1.23. The van der Waals surface area contributed by atoms with Crippen molar-refractivity contribution in [2.75, 3.05) is 25.5 Å². The number of benzene rings is 2. The number of nitrogens with one attached hydrogen (secondary N) is 1. The quantitative estimate of drug-likeness (QED) is 0.603. The molecule has 27 heavy (non-hydrogen) atoms. The van der Waals surface area contributed by atoms with Gasteiger partial charge in [0.25, 0.3) is 0 Å². The third-order valence-corrected chi connectivity index (χ3v) is 4.46. The average Bonchev–Trinajstić information content (AvgIpc) is 2.66. The number of carbonyl (C=O) groups is 2. The zero-order chi connectivity index (χ0) is 19.6. The predicted molar refractivity (Wildman–Crippen MR) is 106 cm³/mol. The first-order valence-corrected chi connectivity index (χ1v) is 9.35. The van der Waals surface area contributed by atoms with Crippen LogP contribution in [0, 0.1) is 5.82 Å². The molecule has 0 saturated carbocycles. The Kier molecular flexibility index (Phi) is 8.42. The van der Waals surface area contributed by atoms with E-state index >= 15 is 0 Å². The van der Waals surface area contributed by atoms with E-state index in [4.69, 9.17) is 0 Å². The van der Waals surface area contributed by atoms with Crippen LogP contribution >= 0.6 is 15.9 Å². The maximum absolute atomic E-state index is 13.8. The fourth-order valence-corrected chi connectivity index (χ4v) is 2.86. The van der Waals surface area contributed by atoms with Crippen LogP contribution in [-0.4, -0.2) is 37.0 Å². The number of carbonyl (C=O) groups excluding carboxylic acids is 2. The van der Waals surface area contributed by atoms with E-state index < -0.39 is 5.82 Å². The summed E-state index contributed by atoms with van der Waals surface area (Å²) in [5.74, 6) is -1.08. The highest BCUT2D eigenvalue weighted by molar-refractivity contribution is 9.10. The normalized spacial score (nSPS) is 10.7. The van der Waals surface area contributed by atoms with E-state index in [0.29, 0.717) is 24.1 Å². The van der Waals surface area contributed by atoms with Crippen molar-refractivity contribution in [1.29, 1.82) is 0 Å². The molecule has 0 aliphatic heterocycles. The number of halogens is 2. The molecule has 0 aliphatic carbocycles. The number of rotatable bonds is 9. The first-order chi connectivity index (χ1) is 13.0. The minimum Gasteiger partial charge on any atom is -0.469 e. The summed E-state index contributed by atoms with van der Waals surface area (Å²) in [7, 11) is 1.35. The molecule has 2 aromatic rings. The van der Waals surface area contributed by atoms with Crippen molar-refractivity contribution in [2.45, 2.75) is 19.4 Å². The molecule has 0 saturated heterocycles. The van der Waals surface area contributed by atoms with Gasteiger partial charge in [-0.2, -0.15) is 0 Å². The van der Waals surface area contributed by atoms with Crippen LogP contribution in [0.2, 0.25) is 0 Å². The molecule has 1 N–H and O–H groups in total. The minimum atomic E-state index is -0.496. The van der Waals surface area contributed by atoms with Gasteiger partial charge in [0.2, 0.25) is 5.91 Å². The molecule has 0 atom stereocenters. The molecular formula is C20H22BrFN2O3. The van der Waals surface area contributed by atoms with E-state index in [9.17, 15) is 14.0 Å². The highest BCUT2D eigenvalue weighted by Gasteiger charge is 2.13. The maximum Gasteiger partial charge on any atom is 0.306 e. The first kappa shape index (κ1) is 21.1. The molecule has 144 valence electrons. The van der Waals surface area contributed by atoms with Crippen molar-refractivity contribution < 1.29 is 18.7 Å². The summed E-state index contributed by atoms with van der Waals surface area (Å²) >= 11 is 3.18. The van der Waals surface area contributed by atoms with E-state index in [0.717, 1.165) is 5.56 Å². The van der Waals surface area contributed by atoms with Crippen molar-refractivity contribution in [3.8, 4) is 0 Å². The van der Waals surface area contributed by atoms with Crippen molar-refractivity contribution in [2.24, 2.45) is 0 Å².